The molecule has 2 aromatic heterocycles. The van der Waals surface area contributed by atoms with Gasteiger partial charge in [-0.25, -0.2) is 0 Å². The summed E-state index contributed by atoms with van der Waals surface area (Å²) in [6, 6.07) is 4.03. The number of hydrogen-bond donors (Lipinski definition) is 1. The molecule has 16 heavy (non-hydrogen) atoms. The van der Waals surface area contributed by atoms with Crippen molar-refractivity contribution >= 4 is 33.9 Å². The van der Waals surface area contributed by atoms with E-state index in [-0.39, 0.29) is 5.91 Å². The zero-order valence-electron chi connectivity index (χ0n) is 8.98. The summed E-state index contributed by atoms with van der Waals surface area (Å²) in [6.45, 7) is 3.85. The van der Waals surface area contributed by atoms with Crippen LogP contribution in [0.1, 0.15) is 18.2 Å². The number of carbonyl (C=O) groups is 1. The van der Waals surface area contributed by atoms with Crippen LogP contribution in [0.4, 0.5) is 5.13 Å². The number of nitrogens with one attached hydrogen (secondary N) is 1. The number of carbonyl (C=O) groups excluding carboxylic acids is 1. The van der Waals surface area contributed by atoms with E-state index in [0.717, 1.165) is 4.88 Å². The second-order valence-corrected chi connectivity index (χ2v) is 5.27. The zero-order valence-corrected chi connectivity index (χ0v) is 10.6. The summed E-state index contributed by atoms with van der Waals surface area (Å²) in [5.74, 6) is 0.652. The van der Waals surface area contributed by atoms with Gasteiger partial charge in [0.05, 0.1) is 4.88 Å². The molecule has 2 rings (SSSR count). The van der Waals surface area contributed by atoms with Gasteiger partial charge in [-0.05, 0) is 19.1 Å². The van der Waals surface area contributed by atoms with Crippen molar-refractivity contribution in [3.63, 3.8) is 0 Å². The second kappa shape index (κ2) is 4.71. The van der Waals surface area contributed by atoms with Crippen LogP contribution < -0.4 is 5.32 Å². The molecule has 6 heteroatoms. The van der Waals surface area contributed by atoms with Gasteiger partial charge in [-0.3, -0.25) is 4.79 Å². The first-order valence-corrected chi connectivity index (χ1v) is 6.48. The van der Waals surface area contributed by atoms with Crippen LogP contribution in [-0.2, 0) is 4.79 Å². The van der Waals surface area contributed by atoms with Gasteiger partial charge in [0.1, 0.15) is 0 Å². The number of hydrogen-bond acceptors (Lipinski definition) is 5. The van der Waals surface area contributed by atoms with Crippen LogP contribution >= 0.6 is 22.9 Å². The number of anilines is 1. The van der Waals surface area contributed by atoms with Gasteiger partial charge in [-0.15, -0.1) is 11.3 Å². The maximum atomic E-state index is 11.2. The number of nitrogens with zero attached hydrogens (tertiary/aromatic N) is 2. The second-order valence-electron chi connectivity index (χ2n) is 3.24. The first kappa shape index (κ1) is 11.2. The lowest BCUT2D eigenvalue weighted by Gasteiger charge is -1.94. The third-order valence-electron chi connectivity index (χ3n) is 1.95. The Hall–Kier alpha value is -1.27. The molecular formula is C10H11N3OS2. The van der Waals surface area contributed by atoms with E-state index in [2.05, 4.69) is 14.7 Å². The van der Waals surface area contributed by atoms with E-state index in [1.54, 1.807) is 18.3 Å². The van der Waals surface area contributed by atoms with E-state index in [1.165, 1.54) is 16.4 Å². The molecule has 84 valence electrons. The predicted molar refractivity (Wildman–Crippen MR) is 66.9 cm³/mol. The molecule has 0 aliphatic heterocycles. The maximum absolute atomic E-state index is 11.2. The normalized spacial score (nSPS) is 10.4. The summed E-state index contributed by atoms with van der Waals surface area (Å²) in [7, 11) is 0. The quantitative estimate of drug-likeness (QED) is 0.915. The van der Waals surface area contributed by atoms with Crippen LogP contribution in [0.15, 0.2) is 12.1 Å². The summed E-state index contributed by atoms with van der Waals surface area (Å²) in [5, 5.41) is 3.26. The summed E-state index contributed by atoms with van der Waals surface area (Å²) in [5.41, 5.74) is 0. The summed E-state index contributed by atoms with van der Waals surface area (Å²) >= 11 is 2.86. The summed E-state index contributed by atoms with van der Waals surface area (Å²) in [6.07, 6.45) is 0.451. The fraction of sp³-hybridized carbons (Fsp3) is 0.300. The lowest BCUT2D eigenvalue weighted by Crippen LogP contribution is -2.08. The summed E-state index contributed by atoms with van der Waals surface area (Å²) < 4.78 is 4.21. The number of aryl methyl sites for hydroxylation is 1. The fourth-order valence-corrected chi connectivity index (χ4v) is 2.59. The van der Waals surface area contributed by atoms with Crippen molar-refractivity contribution in [1.29, 1.82) is 0 Å². The van der Waals surface area contributed by atoms with Crippen LogP contribution in [0, 0.1) is 6.92 Å². The molecule has 1 N–H and O–H groups in total. The van der Waals surface area contributed by atoms with Crippen molar-refractivity contribution in [2.45, 2.75) is 20.3 Å². The fourth-order valence-electron chi connectivity index (χ4n) is 1.14. The standard InChI is InChI=1S/C10H11N3OS2/c1-3-8(14)11-10-12-9(13-16-10)7-5-4-6(2)15-7/h4-5H,3H2,1-2H3,(H,11,12,13,14). The van der Waals surface area contributed by atoms with Crippen LogP contribution in [0.2, 0.25) is 0 Å². The van der Waals surface area contributed by atoms with E-state index in [1.807, 2.05) is 19.1 Å². The molecule has 0 bridgehead atoms. The molecule has 0 atom stereocenters. The van der Waals surface area contributed by atoms with Gasteiger partial charge in [0.15, 0.2) is 5.82 Å². The molecule has 2 heterocycles. The van der Waals surface area contributed by atoms with Crippen molar-refractivity contribution < 1.29 is 4.79 Å². The third-order valence-corrected chi connectivity index (χ3v) is 3.58. The molecule has 0 saturated heterocycles. The minimum absolute atomic E-state index is 0.0370. The first-order valence-electron chi connectivity index (χ1n) is 4.89. The van der Waals surface area contributed by atoms with Crippen molar-refractivity contribution in [2.24, 2.45) is 0 Å². The van der Waals surface area contributed by atoms with Crippen LogP contribution in [0.25, 0.3) is 10.7 Å². The monoisotopic (exact) mass is 253 g/mol. The van der Waals surface area contributed by atoms with Crippen LogP contribution in [-0.4, -0.2) is 15.3 Å². The van der Waals surface area contributed by atoms with Gasteiger partial charge in [-0.2, -0.15) is 9.36 Å². The van der Waals surface area contributed by atoms with Gasteiger partial charge in [-0.1, -0.05) is 6.92 Å². The number of amides is 1. The molecule has 2 aromatic rings. The molecule has 0 saturated carbocycles. The first-order chi connectivity index (χ1) is 7.69. The van der Waals surface area contributed by atoms with Gasteiger partial charge in [0.2, 0.25) is 11.0 Å². The van der Waals surface area contributed by atoms with Crippen molar-refractivity contribution in [3.8, 4) is 10.7 Å². The van der Waals surface area contributed by atoms with Gasteiger partial charge >= 0.3 is 0 Å². The van der Waals surface area contributed by atoms with E-state index in [9.17, 15) is 4.79 Å². The summed E-state index contributed by atoms with van der Waals surface area (Å²) in [4.78, 5) is 17.7. The molecule has 1 amide bonds. The maximum Gasteiger partial charge on any atom is 0.225 e. The van der Waals surface area contributed by atoms with E-state index < -0.39 is 0 Å². The number of aromatic nitrogens is 2. The molecule has 0 aliphatic carbocycles. The number of thiophene rings is 1. The Morgan fingerprint density at radius 2 is 2.31 bits per heavy atom. The molecule has 0 radical (unpaired) electrons. The lowest BCUT2D eigenvalue weighted by molar-refractivity contribution is -0.115. The Bertz CT molecular complexity index is 504. The lowest BCUT2D eigenvalue weighted by atomic mass is 10.4. The Kier molecular flexibility index (Phi) is 3.31. The van der Waals surface area contributed by atoms with Gasteiger partial charge in [0, 0.05) is 22.8 Å². The minimum Gasteiger partial charge on any atom is -0.301 e. The molecule has 0 aliphatic rings. The van der Waals surface area contributed by atoms with Crippen LogP contribution in [0.3, 0.4) is 0 Å². The largest absolute Gasteiger partial charge is 0.301 e. The minimum atomic E-state index is -0.0370. The van der Waals surface area contributed by atoms with Crippen molar-refractivity contribution in [3.05, 3.63) is 17.0 Å². The molecular weight excluding hydrogens is 242 g/mol. The SMILES string of the molecule is CCC(=O)Nc1nc(-c2ccc(C)s2)ns1. The molecule has 0 fully saturated rings. The Morgan fingerprint density at radius 1 is 1.50 bits per heavy atom. The average molecular weight is 253 g/mol. The van der Waals surface area contributed by atoms with E-state index in [4.69, 9.17) is 0 Å². The van der Waals surface area contributed by atoms with E-state index >= 15 is 0 Å². The zero-order chi connectivity index (χ0) is 11.5. The highest BCUT2D eigenvalue weighted by molar-refractivity contribution is 7.15. The third kappa shape index (κ3) is 2.45. The Morgan fingerprint density at radius 3 is 2.94 bits per heavy atom. The molecule has 0 spiro atoms. The van der Waals surface area contributed by atoms with Gasteiger partial charge in [0.25, 0.3) is 0 Å². The highest BCUT2D eigenvalue weighted by Crippen LogP contribution is 2.27. The Balaban J connectivity index is 2.16. The highest BCUT2D eigenvalue weighted by Gasteiger charge is 2.09. The van der Waals surface area contributed by atoms with Crippen LogP contribution in [0.5, 0.6) is 0 Å². The average Bonchev–Trinajstić information content (AvgIpc) is 2.87. The Labute approximate surface area is 102 Å². The predicted octanol–water partition coefficient (Wildman–Crippen LogP) is 2.92. The molecule has 0 aromatic carbocycles. The van der Waals surface area contributed by atoms with Gasteiger partial charge < -0.3 is 5.32 Å². The smallest absolute Gasteiger partial charge is 0.225 e. The van der Waals surface area contributed by atoms with Crippen molar-refractivity contribution in [1.82, 2.24) is 9.36 Å². The van der Waals surface area contributed by atoms with E-state index in [0.29, 0.717) is 17.4 Å². The molecule has 4 nitrogen and oxygen atoms in total. The van der Waals surface area contributed by atoms with Crippen molar-refractivity contribution in [2.75, 3.05) is 5.32 Å². The topological polar surface area (TPSA) is 54.9 Å². The number of rotatable bonds is 3. The molecule has 0 unspecified atom stereocenters. The highest BCUT2D eigenvalue weighted by atomic mass is 32.1.